The summed E-state index contributed by atoms with van der Waals surface area (Å²) in [6.07, 6.45) is 1.04. The van der Waals surface area contributed by atoms with Gasteiger partial charge in [0.2, 0.25) is 0 Å². The van der Waals surface area contributed by atoms with Gasteiger partial charge < -0.3 is 20.4 Å². The van der Waals surface area contributed by atoms with E-state index >= 15 is 0 Å². The summed E-state index contributed by atoms with van der Waals surface area (Å²) in [5.41, 5.74) is 3.88. The van der Waals surface area contributed by atoms with Gasteiger partial charge in [0.1, 0.15) is 11.6 Å². The van der Waals surface area contributed by atoms with Gasteiger partial charge in [-0.15, -0.1) is 0 Å². The fourth-order valence-electron chi connectivity index (χ4n) is 4.90. The summed E-state index contributed by atoms with van der Waals surface area (Å²) in [5.74, 6) is 1.70. The number of piperazine rings is 1. The number of anilines is 2. The maximum atomic E-state index is 13.1. The second kappa shape index (κ2) is 12.7. The van der Waals surface area contributed by atoms with E-state index in [0.717, 1.165) is 72.0 Å². The number of carbonyl (C=O) groups is 1. The number of nitrogens with zero attached hydrogens (tertiary/aromatic N) is 5. The number of para-hydroxylation sites is 2. The van der Waals surface area contributed by atoms with Crippen LogP contribution in [0.1, 0.15) is 12.2 Å². The first-order valence-corrected chi connectivity index (χ1v) is 13.6. The molecule has 2 amide bonds. The third-order valence-electron chi connectivity index (χ3n) is 7.00. The smallest absolute Gasteiger partial charge is 0.321 e. The van der Waals surface area contributed by atoms with Crippen LogP contribution in [0.5, 0.6) is 0 Å². The quantitative estimate of drug-likeness (QED) is 0.301. The van der Waals surface area contributed by atoms with Crippen molar-refractivity contribution in [2.75, 3.05) is 64.0 Å². The van der Waals surface area contributed by atoms with Gasteiger partial charge >= 0.3 is 6.03 Å². The molecule has 1 aromatic heterocycles. The second-order valence-corrected chi connectivity index (χ2v) is 10.2. The molecule has 1 aliphatic heterocycles. The van der Waals surface area contributed by atoms with Crippen molar-refractivity contribution in [2.24, 2.45) is 0 Å². The van der Waals surface area contributed by atoms with E-state index in [4.69, 9.17) is 9.97 Å². The van der Waals surface area contributed by atoms with Gasteiger partial charge in [-0.25, -0.2) is 14.8 Å². The lowest BCUT2D eigenvalue weighted by Crippen LogP contribution is -2.49. The largest absolute Gasteiger partial charge is 0.369 e. The minimum Gasteiger partial charge on any atom is -0.369 e. The highest BCUT2D eigenvalue weighted by Gasteiger charge is 2.23. The fraction of sp³-hybridized carbons (Fsp3) is 0.323. The summed E-state index contributed by atoms with van der Waals surface area (Å²) in [6, 6.07) is 26.2. The molecule has 39 heavy (non-hydrogen) atoms. The molecule has 0 unspecified atom stereocenters. The van der Waals surface area contributed by atoms with Crippen LogP contribution in [-0.2, 0) is 6.54 Å². The van der Waals surface area contributed by atoms with E-state index in [1.54, 1.807) is 0 Å². The Hall–Kier alpha value is -4.01. The van der Waals surface area contributed by atoms with Gasteiger partial charge in [-0.3, -0.25) is 4.90 Å². The summed E-state index contributed by atoms with van der Waals surface area (Å²) < 4.78 is 0. The molecule has 2 heterocycles. The van der Waals surface area contributed by atoms with Crippen molar-refractivity contribution in [3.05, 3.63) is 84.7 Å². The maximum Gasteiger partial charge on any atom is 0.321 e. The molecule has 4 aromatic rings. The Labute approximate surface area is 230 Å². The Morgan fingerprint density at radius 3 is 2.38 bits per heavy atom. The highest BCUT2D eigenvalue weighted by molar-refractivity contribution is 5.94. The van der Waals surface area contributed by atoms with Crippen LogP contribution in [0.25, 0.3) is 22.0 Å². The Bertz CT molecular complexity index is 1380. The number of nitrogens with one attached hydrogen (secondary N) is 2. The molecule has 1 aliphatic rings. The number of urea groups is 1. The van der Waals surface area contributed by atoms with Crippen LogP contribution in [0.4, 0.5) is 16.3 Å². The predicted octanol–water partition coefficient (Wildman–Crippen LogP) is 5.01. The minimum atomic E-state index is -0.0656. The SMILES string of the molecule is CN(C)CCCNc1nc(CN2CCN(C(=O)Nc3ccccc3-c3ccccc3)CC2)nc2ccccc12. The third-order valence-corrected chi connectivity index (χ3v) is 7.00. The fourth-order valence-corrected chi connectivity index (χ4v) is 4.90. The van der Waals surface area contributed by atoms with Crippen LogP contribution in [0, 0.1) is 0 Å². The summed E-state index contributed by atoms with van der Waals surface area (Å²) in [7, 11) is 4.18. The summed E-state index contributed by atoms with van der Waals surface area (Å²) in [6.45, 7) is 5.40. The molecule has 0 spiro atoms. The molecule has 8 nitrogen and oxygen atoms in total. The zero-order valence-corrected chi connectivity index (χ0v) is 22.8. The number of fused-ring (bicyclic) bond motifs is 1. The third kappa shape index (κ3) is 6.90. The summed E-state index contributed by atoms with van der Waals surface area (Å²) >= 11 is 0. The monoisotopic (exact) mass is 523 g/mol. The zero-order valence-electron chi connectivity index (χ0n) is 22.8. The van der Waals surface area contributed by atoms with E-state index in [2.05, 4.69) is 52.7 Å². The van der Waals surface area contributed by atoms with Crippen LogP contribution >= 0.6 is 0 Å². The molecule has 202 valence electrons. The molecule has 0 saturated carbocycles. The number of hydrogen-bond acceptors (Lipinski definition) is 6. The lowest BCUT2D eigenvalue weighted by molar-refractivity contribution is 0.141. The van der Waals surface area contributed by atoms with Gasteiger partial charge in [0, 0.05) is 43.7 Å². The first kappa shape index (κ1) is 26.6. The van der Waals surface area contributed by atoms with E-state index < -0.39 is 0 Å². The van der Waals surface area contributed by atoms with Gasteiger partial charge in [-0.05, 0) is 50.8 Å². The standard InChI is InChI=1S/C31H37N7O/c1-36(2)18-10-17-32-30-26-14-7-9-16-28(26)33-29(35-30)23-37-19-21-38(22-20-37)31(39)34-27-15-8-6-13-25(27)24-11-4-3-5-12-24/h3-9,11-16H,10,17-23H2,1-2H3,(H,34,39)(H,32,33,35). The zero-order chi connectivity index (χ0) is 27.0. The first-order chi connectivity index (χ1) is 19.1. The molecule has 0 atom stereocenters. The van der Waals surface area contributed by atoms with Crippen molar-refractivity contribution in [1.29, 1.82) is 0 Å². The van der Waals surface area contributed by atoms with E-state index in [9.17, 15) is 4.79 Å². The topological polar surface area (TPSA) is 76.6 Å². The van der Waals surface area contributed by atoms with Crippen molar-refractivity contribution in [3.8, 4) is 11.1 Å². The van der Waals surface area contributed by atoms with Gasteiger partial charge in [0.15, 0.2) is 0 Å². The summed E-state index contributed by atoms with van der Waals surface area (Å²) in [4.78, 5) is 29.3. The number of amides is 2. The second-order valence-electron chi connectivity index (χ2n) is 10.2. The highest BCUT2D eigenvalue weighted by atomic mass is 16.2. The van der Waals surface area contributed by atoms with E-state index in [1.807, 2.05) is 65.6 Å². The van der Waals surface area contributed by atoms with Crippen LogP contribution in [0.15, 0.2) is 78.9 Å². The molecule has 1 saturated heterocycles. The average molecular weight is 524 g/mol. The van der Waals surface area contributed by atoms with E-state index in [0.29, 0.717) is 19.6 Å². The molecular weight excluding hydrogens is 486 g/mol. The van der Waals surface area contributed by atoms with Crippen LogP contribution in [0.2, 0.25) is 0 Å². The Balaban J connectivity index is 1.19. The molecule has 1 fully saturated rings. The van der Waals surface area contributed by atoms with Crippen LogP contribution < -0.4 is 10.6 Å². The molecular formula is C31H37N7O. The molecule has 8 heteroatoms. The van der Waals surface area contributed by atoms with Crippen LogP contribution in [0.3, 0.4) is 0 Å². The van der Waals surface area contributed by atoms with Crippen molar-refractivity contribution in [2.45, 2.75) is 13.0 Å². The van der Waals surface area contributed by atoms with Crippen molar-refractivity contribution in [3.63, 3.8) is 0 Å². The lowest BCUT2D eigenvalue weighted by Gasteiger charge is -2.34. The number of hydrogen-bond donors (Lipinski definition) is 2. The number of carbonyl (C=O) groups excluding carboxylic acids is 1. The highest BCUT2D eigenvalue weighted by Crippen LogP contribution is 2.28. The van der Waals surface area contributed by atoms with Gasteiger partial charge in [-0.1, -0.05) is 60.7 Å². The Kier molecular flexibility index (Phi) is 8.65. The summed E-state index contributed by atoms with van der Waals surface area (Å²) in [5, 5.41) is 7.70. The van der Waals surface area contributed by atoms with Crippen molar-refractivity contribution in [1.82, 2.24) is 24.7 Å². The number of benzene rings is 3. The lowest BCUT2D eigenvalue weighted by atomic mass is 10.0. The Morgan fingerprint density at radius 1 is 0.872 bits per heavy atom. The minimum absolute atomic E-state index is 0.0656. The molecule has 0 aliphatic carbocycles. The molecule has 3 aromatic carbocycles. The van der Waals surface area contributed by atoms with Gasteiger partial charge in [-0.2, -0.15) is 0 Å². The predicted molar refractivity (Wildman–Crippen MR) is 159 cm³/mol. The maximum absolute atomic E-state index is 13.1. The van der Waals surface area contributed by atoms with E-state index in [1.165, 1.54) is 0 Å². The van der Waals surface area contributed by atoms with Gasteiger partial charge in [0.05, 0.1) is 17.7 Å². The number of rotatable bonds is 9. The first-order valence-electron chi connectivity index (χ1n) is 13.6. The molecule has 5 rings (SSSR count). The molecule has 0 bridgehead atoms. The normalized spacial score (nSPS) is 14.1. The van der Waals surface area contributed by atoms with Crippen LogP contribution in [-0.4, -0.2) is 84.1 Å². The van der Waals surface area contributed by atoms with Crippen molar-refractivity contribution >= 4 is 28.4 Å². The van der Waals surface area contributed by atoms with E-state index in [-0.39, 0.29) is 6.03 Å². The van der Waals surface area contributed by atoms with Gasteiger partial charge in [0.25, 0.3) is 0 Å². The Morgan fingerprint density at radius 2 is 1.59 bits per heavy atom. The molecule has 2 N–H and O–H groups in total. The number of aromatic nitrogens is 2. The average Bonchev–Trinajstić information content (AvgIpc) is 2.96. The molecule has 0 radical (unpaired) electrons. The van der Waals surface area contributed by atoms with Crippen molar-refractivity contribution < 1.29 is 4.79 Å².